The smallest absolute Gasteiger partial charge is 0.295 e. The summed E-state index contributed by atoms with van der Waals surface area (Å²) >= 11 is 0. The van der Waals surface area contributed by atoms with Crippen LogP contribution in [-0.2, 0) is 19.7 Å². The summed E-state index contributed by atoms with van der Waals surface area (Å²) in [6, 6.07) is 13.0. The maximum atomic E-state index is 13.3. The Hall–Kier alpha value is -2.92. The van der Waals surface area contributed by atoms with Gasteiger partial charge in [0, 0.05) is 18.7 Å². The van der Waals surface area contributed by atoms with Crippen LogP contribution in [0.3, 0.4) is 0 Å². The summed E-state index contributed by atoms with van der Waals surface area (Å²) in [5.74, 6) is -1.34. The average Bonchev–Trinajstić information content (AvgIpc) is 3.00. The number of nitrogens with zero attached hydrogens (tertiary/aromatic N) is 1. The third-order valence-corrected chi connectivity index (χ3v) is 6.38. The zero-order chi connectivity index (χ0) is 25.2. The minimum Gasteiger partial charge on any atom is -0.507 e. The van der Waals surface area contributed by atoms with E-state index >= 15 is 0 Å². The molecule has 1 unspecified atom stereocenters. The van der Waals surface area contributed by atoms with Crippen LogP contribution >= 0.6 is 0 Å². The number of hydrogen-bond donors (Lipinski definition) is 1. The molecule has 0 radical (unpaired) electrons. The van der Waals surface area contributed by atoms with Gasteiger partial charge in [-0.15, -0.1) is 0 Å². The standard InChI is InChI=1S/C29H37NO4/c1-18(2)34-16-10-15-30-25(22-12-9-8-11-19(22)3)24(27(32)28(30)33)26(31)23-17-21(29(5,6)7)14-13-20(23)4/h8-9,11-14,17-18,25,31H,10,15-16H2,1-7H3/b26-24+. The van der Waals surface area contributed by atoms with Crippen LogP contribution in [0.25, 0.3) is 5.76 Å². The molecule has 0 aromatic heterocycles. The number of aryl methyl sites for hydroxylation is 2. The predicted molar refractivity (Wildman–Crippen MR) is 136 cm³/mol. The van der Waals surface area contributed by atoms with Gasteiger partial charge in [0.2, 0.25) is 0 Å². The molecule has 1 saturated heterocycles. The number of amides is 1. The van der Waals surface area contributed by atoms with Crippen molar-refractivity contribution in [3.05, 3.63) is 75.9 Å². The number of Topliss-reactive ketones (excluding diaryl/α,β-unsaturated/α-hetero) is 1. The number of aliphatic hydroxyl groups excluding tert-OH is 1. The first-order valence-corrected chi connectivity index (χ1v) is 12.0. The van der Waals surface area contributed by atoms with Gasteiger partial charge in [0.1, 0.15) is 5.76 Å². The third kappa shape index (κ3) is 5.25. The molecule has 0 spiro atoms. The van der Waals surface area contributed by atoms with Crippen molar-refractivity contribution in [2.24, 2.45) is 0 Å². The van der Waals surface area contributed by atoms with Gasteiger partial charge in [-0.2, -0.15) is 0 Å². The molecule has 182 valence electrons. The van der Waals surface area contributed by atoms with Crippen molar-refractivity contribution >= 4 is 17.4 Å². The first-order chi connectivity index (χ1) is 15.9. The molecule has 1 aliphatic heterocycles. The Bertz CT molecular complexity index is 1110. The summed E-state index contributed by atoms with van der Waals surface area (Å²) in [6.07, 6.45) is 0.701. The first-order valence-electron chi connectivity index (χ1n) is 12.0. The predicted octanol–water partition coefficient (Wildman–Crippen LogP) is 5.84. The topological polar surface area (TPSA) is 66.8 Å². The number of rotatable bonds is 7. The molecule has 0 bridgehead atoms. The number of carbonyl (C=O) groups excluding carboxylic acids is 2. The largest absolute Gasteiger partial charge is 0.507 e. The van der Waals surface area contributed by atoms with E-state index < -0.39 is 17.7 Å². The molecule has 1 fully saturated rings. The highest BCUT2D eigenvalue weighted by molar-refractivity contribution is 6.46. The molecular weight excluding hydrogens is 426 g/mol. The van der Waals surface area contributed by atoms with Crippen molar-refractivity contribution in [1.29, 1.82) is 0 Å². The Morgan fingerprint density at radius 2 is 1.74 bits per heavy atom. The molecule has 34 heavy (non-hydrogen) atoms. The Balaban J connectivity index is 2.14. The summed E-state index contributed by atoms with van der Waals surface area (Å²) in [5.41, 5.74) is 4.32. The van der Waals surface area contributed by atoms with Crippen LogP contribution in [0.4, 0.5) is 0 Å². The van der Waals surface area contributed by atoms with E-state index in [1.54, 1.807) is 4.90 Å². The van der Waals surface area contributed by atoms with Gasteiger partial charge in [0.25, 0.3) is 11.7 Å². The van der Waals surface area contributed by atoms with Gasteiger partial charge >= 0.3 is 0 Å². The van der Waals surface area contributed by atoms with Crippen molar-refractivity contribution in [2.75, 3.05) is 13.2 Å². The zero-order valence-electron chi connectivity index (χ0n) is 21.4. The summed E-state index contributed by atoms with van der Waals surface area (Å²) in [7, 11) is 0. The zero-order valence-corrected chi connectivity index (χ0v) is 21.4. The van der Waals surface area contributed by atoms with Crippen molar-refractivity contribution in [3.63, 3.8) is 0 Å². The fourth-order valence-corrected chi connectivity index (χ4v) is 4.37. The van der Waals surface area contributed by atoms with E-state index in [4.69, 9.17) is 4.74 Å². The molecule has 5 heteroatoms. The number of carbonyl (C=O) groups is 2. The van der Waals surface area contributed by atoms with Gasteiger partial charge < -0.3 is 14.7 Å². The molecule has 1 atom stereocenters. The Kier molecular flexibility index (Phi) is 7.67. The van der Waals surface area contributed by atoms with Gasteiger partial charge in [-0.3, -0.25) is 9.59 Å². The SMILES string of the molecule is Cc1ccc(C(C)(C)C)cc1/C(O)=C1\C(=O)C(=O)N(CCCOC(C)C)C1c1ccccc1C. The van der Waals surface area contributed by atoms with Crippen molar-refractivity contribution < 1.29 is 19.4 Å². The number of ketones is 1. The van der Waals surface area contributed by atoms with Crippen molar-refractivity contribution in [1.82, 2.24) is 4.90 Å². The summed E-state index contributed by atoms with van der Waals surface area (Å²) in [6.45, 7) is 15.0. The molecule has 1 aliphatic rings. The minimum absolute atomic E-state index is 0.0978. The number of benzene rings is 2. The Labute approximate surface area is 203 Å². The highest BCUT2D eigenvalue weighted by atomic mass is 16.5. The van der Waals surface area contributed by atoms with Crippen LogP contribution in [0.15, 0.2) is 48.0 Å². The fraction of sp³-hybridized carbons (Fsp3) is 0.448. The lowest BCUT2D eigenvalue weighted by Crippen LogP contribution is -2.31. The lowest BCUT2D eigenvalue weighted by atomic mass is 9.84. The van der Waals surface area contributed by atoms with Crippen molar-refractivity contribution in [2.45, 2.75) is 72.4 Å². The van der Waals surface area contributed by atoms with E-state index in [1.165, 1.54) is 0 Å². The Morgan fingerprint density at radius 3 is 2.35 bits per heavy atom. The van der Waals surface area contributed by atoms with Gasteiger partial charge in [-0.05, 0) is 67.9 Å². The number of ether oxygens (including phenoxy) is 1. The van der Waals surface area contributed by atoms with E-state index in [9.17, 15) is 14.7 Å². The fourth-order valence-electron chi connectivity index (χ4n) is 4.37. The average molecular weight is 464 g/mol. The second-order valence-corrected chi connectivity index (χ2v) is 10.4. The summed E-state index contributed by atoms with van der Waals surface area (Å²) in [5, 5.41) is 11.5. The molecule has 0 saturated carbocycles. The second kappa shape index (κ2) is 10.1. The minimum atomic E-state index is -0.643. The number of likely N-dealkylation sites (tertiary alicyclic amines) is 1. The molecule has 3 rings (SSSR count). The first kappa shape index (κ1) is 25.7. The summed E-state index contributed by atoms with van der Waals surface area (Å²) < 4.78 is 5.65. The van der Waals surface area contributed by atoms with Crippen LogP contribution in [0.2, 0.25) is 0 Å². The van der Waals surface area contributed by atoms with Crippen LogP contribution in [-0.4, -0.2) is 41.0 Å². The molecule has 0 aliphatic carbocycles. The van der Waals surface area contributed by atoms with E-state index in [2.05, 4.69) is 20.8 Å². The van der Waals surface area contributed by atoms with Gasteiger partial charge in [-0.1, -0.05) is 57.2 Å². The Morgan fingerprint density at radius 1 is 1.06 bits per heavy atom. The molecule has 1 amide bonds. The van der Waals surface area contributed by atoms with Crippen molar-refractivity contribution in [3.8, 4) is 0 Å². The maximum absolute atomic E-state index is 13.3. The monoisotopic (exact) mass is 463 g/mol. The lowest BCUT2D eigenvalue weighted by molar-refractivity contribution is -0.140. The molecule has 2 aromatic rings. The van der Waals surface area contributed by atoms with E-state index in [0.29, 0.717) is 25.1 Å². The second-order valence-electron chi connectivity index (χ2n) is 10.4. The number of aliphatic hydroxyl groups is 1. The molecule has 5 nitrogen and oxygen atoms in total. The van der Waals surface area contributed by atoms with Crippen LogP contribution in [0.1, 0.15) is 74.9 Å². The molecule has 1 N–H and O–H groups in total. The van der Waals surface area contributed by atoms with Gasteiger partial charge in [0.05, 0.1) is 17.7 Å². The van der Waals surface area contributed by atoms with Crippen LogP contribution in [0.5, 0.6) is 0 Å². The van der Waals surface area contributed by atoms with E-state index in [1.807, 2.05) is 70.2 Å². The van der Waals surface area contributed by atoms with Gasteiger partial charge in [-0.25, -0.2) is 0 Å². The van der Waals surface area contributed by atoms with Crippen LogP contribution in [0, 0.1) is 13.8 Å². The normalized spacial score (nSPS) is 18.2. The quantitative estimate of drug-likeness (QED) is 0.243. The lowest BCUT2D eigenvalue weighted by Gasteiger charge is -2.27. The molecule has 2 aromatic carbocycles. The highest BCUT2D eigenvalue weighted by Crippen LogP contribution is 2.41. The summed E-state index contributed by atoms with van der Waals surface area (Å²) in [4.78, 5) is 28.1. The molecule has 1 heterocycles. The van der Waals surface area contributed by atoms with E-state index in [-0.39, 0.29) is 22.9 Å². The van der Waals surface area contributed by atoms with E-state index in [0.717, 1.165) is 22.3 Å². The maximum Gasteiger partial charge on any atom is 0.295 e. The van der Waals surface area contributed by atoms with Gasteiger partial charge in [0.15, 0.2) is 0 Å². The third-order valence-electron chi connectivity index (χ3n) is 6.38. The number of hydrogen-bond acceptors (Lipinski definition) is 4. The van der Waals surface area contributed by atoms with Crippen LogP contribution < -0.4 is 0 Å². The highest BCUT2D eigenvalue weighted by Gasteiger charge is 2.46. The molecular formula is C29H37NO4.